The molecule has 31 heavy (non-hydrogen) atoms. The quantitative estimate of drug-likeness (QED) is 0.558. The van der Waals surface area contributed by atoms with Gasteiger partial charge in [0, 0.05) is 41.7 Å². The first-order valence-electron chi connectivity index (χ1n) is 11.0. The molecule has 0 bridgehead atoms. The summed E-state index contributed by atoms with van der Waals surface area (Å²) in [5.41, 5.74) is 2.91. The molecule has 0 unspecified atom stereocenters. The van der Waals surface area contributed by atoms with Crippen molar-refractivity contribution >= 4 is 17.2 Å². The summed E-state index contributed by atoms with van der Waals surface area (Å²) in [5.74, 6) is 0.795. The van der Waals surface area contributed by atoms with E-state index in [0.717, 1.165) is 42.1 Å². The van der Waals surface area contributed by atoms with Crippen molar-refractivity contribution in [1.29, 1.82) is 0 Å². The van der Waals surface area contributed by atoms with Gasteiger partial charge in [-0.15, -0.1) is 11.3 Å². The molecule has 162 valence electrons. The molecule has 0 atom stereocenters. The van der Waals surface area contributed by atoms with Gasteiger partial charge in [0.05, 0.1) is 18.3 Å². The molecule has 1 fully saturated rings. The molecular formula is C24H28N4O2S. The maximum atomic E-state index is 13.2. The number of fused-ring (bicyclic) bond motifs is 1. The summed E-state index contributed by atoms with van der Waals surface area (Å²) in [5, 5.41) is 4.25. The third-order valence-corrected chi connectivity index (χ3v) is 7.21. The van der Waals surface area contributed by atoms with Gasteiger partial charge in [-0.3, -0.25) is 14.4 Å². The first-order valence-corrected chi connectivity index (χ1v) is 11.8. The number of carbonyl (C=O) groups excluding carboxylic acids is 1. The van der Waals surface area contributed by atoms with E-state index in [0.29, 0.717) is 19.7 Å². The molecule has 2 aliphatic rings. The highest BCUT2D eigenvalue weighted by Crippen LogP contribution is 2.34. The maximum Gasteiger partial charge on any atom is 0.258 e. The van der Waals surface area contributed by atoms with Crippen molar-refractivity contribution in [3.63, 3.8) is 0 Å². The number of aryl methyl sites for hydroxylation is 1. The van der Waals surface area contributed by atoms with Crippen LogP contribution in [0.1, 0.15) is 40.1 Å². The number of ether oxygens (including phenoxy) is 1. The van der Waals surface area contributed by atoms with Crippen LogP contribution in [0.5, 0.6) is 5.75 Å². The summed E-state index contributed by atoms with van der Waals surface area (Å²) >= 11 is 1.72. The molecule has 1 aromatic carbocycles. The molecule has 3 aromatic rings. The molecule has 2 aliphatic heterocycles. The number of hydrogen-bond acceptors (Lipinski definition) is 5. The van der Waals surface area contributed by atoms with Crippen LogP contribution in [0.25, 0.3) is 10.4 Å². The largest absolute Gasteiger partial charge is 0.491 e. The van der Waals surface area contributed by atoms with Gasteiger partial charge < -0.3 is 9.64 Å². The summed E-state index contributed by atoms with van der Waals surface area (Å²) in [7, 11) is 1.92. The number of carbonyl (C=O) groups is 1. The van der Waals surface area contributed by atoms with Crippen LogP contribution in [0.4, 0.5) is 0 Å². The van der Waals surface area contributed by atoms with Gasteiger partial charge in [0.1, 0.15) is 12.4 Å². The molecular weight excluding hydrogens is 408 g/mol. The Bertz CT molecular complexity index is 1070. The zero-order chi connectivity index (χ0) is 21.2. The van der Waals surface area contributed by atoms with Crippen LogP contribution in [-0.4, -0.2) is 51.7 Å². The monoisotopic (exact) mass is 436 g/mol. The average molecular weight is 437 g/mol. The van der Waals surface area contributed by atoms with E-state index in [1.54, 1.807) is 11.3 Å². The topological polar surface area (TPSA) is 50.6 Å². The third-order valence-electron chi connectivity index (χ3n) is 6.09. The van der Waals surface area contributed by atoms with Gasteiger partial charge in [-0.25, -0.2) is 0 Å². The molecule has 0 aliphatic carbocycles. The van der Waals surface area contributed by atoms with Crippen LogP contribution in [-0.2, 0) is 20.1 Å². The van der Waals surface area contributed by atoms with Crippen LogP contribution in [0.2, 0.25) is 0 Å². The Morgan fingerprint density at radius 1 is 1.13 bits per heavy atom. The lowest BCUT2D eigenvalue weighted by Gasteiger charge is -2.26. The molecule has 2 aromatic heterocycles. The molecule has 7 heteroatoms. The first kappa shape index (κ1) is 20.3. The second-order valence-corrected chi connectivity index (χ2v) is 9.54. The average Bonchev–Trinajstić information content (AvgIpc) is 3.49. The number of benzene rings is 1. The van der Waals surface area contributed by atoms with Crippen LogP contribution >= 0.6 is 11.3 Å². The number of amides is 1. The molecule has 1 saturated heterocycles. The smallest absolute Gasteiger partial charge is 0.258 e. The Morgan fingerprint density at radius 2 is 2.00 bits per heavy atom. The normalized spacial score (nSPS) is 16.7. The van der Waals surface area contributed by atoms with Gasteiger partial charge in [0.2, 0.25) is 0 Å². The highest BCUT2D eigenvalue weighted by atomic mass is 32.1. The molecule has 0 saturated carbocycles. The number of piperidine rings is 1. The van der Waals surface area contributed by atoms with Gasteiger partial charge in [-0.2, -0.15) is 5.10 Å². The minimum atomic E-state index is 0.0694. The predicted octanol–water partition coefficient (Wildman–Crippen LogP) is 4.17. The minimum Gasteiger partial charge on any atom is -0.491 e. The van der Waals surface area contributed by atoms with Crippen LogP contribution in [0.3, 0.4) is 0 Å². The van der Waals surface area contributed by atoms with Crippen molar-refractivity contribution < 1.29 is 9.53 Å². The van der Waals surface area contributed by atoms with Crippen molar-refractivity contribution in [3.05, 3.63) is 58.7 Å². The summed E-state index contributed by atoms with van der Waals surface area (Å²) < 4.78 is 7.90. The molecule has 6 nitrogen and oxygen atoms in total. The lowest BCUT2D eigenvalue weighted by molar-refractivity contribution is 0.0764. The van der Waals surface area contributed by atoms with Gasteiger partial charge in [-0.05, 0) is 49.7 Å². The summed E-state index contributed by atoms with van der Waals surface area (Å²) in [4.78, 5) is 19.9. The lowest BCUT2D eigenvalue weighted by Crippen LogP contribution is -2.33. The Kier molecular flexibility index (Phi) is 5.78. The fourth-order valence-electron chi connectivity index (χ4n) is 4.46. The lowest BCUT2D eigenvalue weighted by atomic mass is 10.1. The molecule has 1 amide bonds. The Hall–Kier alpha value is -2.64. The van der Waals surface area contributed by atoms with E-state index < -0.39 is 0 Å². The van der Waals surface area contributed by atoms with E-state index in [1.165, 1.54) is 29.0 Å². The number of thiophene rings is 1. The number of likely N-dealkylation sites (tertiary alicyclic amines) is 1. The Morgan fingerprint density at radius 3 is 2.81 bits per heavy atom. The van der Waals surface area contributed by atoms with E-state index in [-0.39, 0.29) is 5.91 Å². The fourth-order valence-corrected chi connectivity index (χ4v) is 5.46. The minimum absolute atomic E-state index is 0.0694. The SMILES string of the molecule is Cn1cc(-c2ccc(CN3Cc4cccc(OCCN5CCCCC5)c4C3=O)s2)cn1. The van der Waals surface area contributed by atoms with Gasteiger partial charge >= 0.3 is 0 Å². The Labute approximate surface area is 187 Å². The van der Waals surface area contributed by atoms with Crippen molar-refractivity contribution in [2.24, 2.45) is 7.05 Å². The van der Waals surface area contributed by atoms with Crippen LogP contribution in [0, 0.1) is 0 Å². The van der Waals surface area contributed by atoms with E-state index in [9.17, 15) is 4.79 Å². The molecule has 5 rings (SSSR count). The predicted molar refractivity (Wildman–Crippen MR) is 122 cm³/mol. The second kappa shape index (κ2) is 8.85. The molecule has 0 N–H and O–H groups in total. The van der Waals surface area contributed by atoms with Gasteiger partial charge in [0.25, 0.3) is 5.91 Å². The first-order chi connectivity index (χ1) is 15.2. The van der Waals surface area contributed by atoms with Crippen molar-refractivity contribution in [2.75, 3.05) is 26.2 Å². The van der Waals surface area contributed by atoms with Crippen molar-refractivity contribution in [1.82, 2.24) is 19.6 Å². The van der Waals surface area contributed by atoms with E-state index >= 15 is 0 Å². The number of nitrogens with zero attached hydrogens (tertiary/aromatic N) is 4. The number of hydrogen-bond donors (Lipinski definition) is 0. The van der Waals surface area contributed by atoms with Gasteiger partial charge in [0.15, 0.2) is 0 Å². The third kappa shape index (κ3) is 4.38. The van der Waals surface area contributed by atoms with Crippen molar-refractivity contribution in [2.45, 2.75) is 32.4 Å². The second-order valence-electron chi connectivity index (χ2n) is 8.37. The summed E-state index contributed by atoms with van der Waals surface area (Å²) in [6, 6.07) is 10.2. The zero-order valence-corrected chi connectivity index (χ0v) is 18.7. The Balaban J connectivity index is 1.24. The highest BCUT2D eigenvalue weighted by Gasteiger charge is 2.31. The van der Waals surface area contributed by atoms with E-state index in [1.807, 2.05) is 47.2 Å². The zero-order valence-electron chi connectivity index (χ0n) is 17.9. The van der Waals surface area contributed by atoms with Crippen LogP contribution in [0.15, 0.2) is 42.7 Å². The van der Waals surface area contributed by atoms with Crippen LogP contribution < -0.4 is 4.74 Å². The molecule has 0 radical (unpaired) electrons. The van der Waals surface area contributed by atoms with E-state index in [4.69, 9.17) is 4.74 Å². The number of rotatable bonds is 7. The number of aromatic nitrogens is 2. The maximum absolute atomic E-state index is 13.2. The molecule has 0 spiro atoms. The van der Waals surface area contributed by atoms with E-state index in [2.05, 4.69) is 22.1 Å². The van der Waals surface area contributed by atoms with Crippen molar-refractivity contribution in [3.8, 4) is 16.2 Å². The highest BCUT2D eigenvalue weighted by molar-refractivity contribution is 7.15. The van der Waals surface area contributed by atoms with Gasteiger partial charge in [-0.1, -0.05) is 18.6 Å². The summed E-state index contributed by atoms with van der Waals surface area (Å²) in [6.45, 7) is 5.12. The standard InChI is InChI=1S/C24H28N4O2S/c1-26-15-19(14-25-26)22-9-8-20(31-22)17-28-16-18-6-5-7-21(23(18)24(28)29)30-13-12-27-10-3-2-4-11-27/h5-9,14-15H,2-4,10-13,16-17H2,1H3. The molecule has 4 heterocycles. The fraction of sp³-hybridized carbons (Fsp3) is 0.417. The summed E-state index contributed by atoms with van der Waals surface area (Å²) in [6.07, 6.45) is 7.78.